The molecule has 2 rings (SSSR count). The molecular weight excluding hydrogens is 266 g/mol. The van der Waals surface area contributed by atoms with Crippen molar-refractivity contribution in [2.75, 3.05) is 19.8 Å². The molecule has 1 fully saturated rings. The van der Waals surface area contributed by atoms with Crippen molar-refractivity contribution in [1.82, 2.24) is 5.32 Å². The third kappa shape index (κ3) is 3.85. The zero-order valence-electron chi connectivity index (χ0n) is 10.9. The van der Waals surface area contributed by atoms with Gasteiger partial charge in [0.1, 0.15) is 5.75 Å². The van der Waals surface area contributed by atoms with Crippen LogP contribution in [0.4, 0.5) is 0 Å². The number of ether oxygens (including phenoxy) is 2. The van der Waals surface area contributed by atoms with Gasteiger partial charge in [-0.3, -0.25) is 4.79 Å². The summed E-state index contributed by atoms with van der Waals surface area (Å²) in [6, 6.07) is 5.55. The summed E-state index contributed by atoms with van der Waals surface area (Å²) in [7, 11) is 0. The third-order valence-electron chi connectivity index (χ3n) is 3.06. The topological polar surface area (TPSA) is 47.6 Å². The predicted octanol–water partition coefficient (Wildman–Crippen LogP) is 2.39. The Kier molecular flexibility index (Phi) is 5.05. The van der Waals surface area contributed by atoms with Crippen molar-refractivity contribution in [3.8, 4) is 5.75 Å². The van der Waals surface area contributed by atoms with Crippen LogP contribution in [-0.4, -0.2) is 25.7 Å². The molecule has 0 aliphatic carbocycles. The molecule has 1 unspecified atom stereocenters. The number of nitrogens with one attached hydrogen (secondary N) is 1. The number of carbonyl (C=O) groups is 1. The zero-order chi connectivity index (χ0) is 13.7. The second-order valence-corrected chi connectivity index (χ2v) is 4.88. The summed E-state index contributed by atoms with van der Waals surface area (Å²) in [5, 5.41) is 3.47. The van der Waals surface area contributed by atoms with E-state index in [1.165, 1.54) is 0 Å². The molecule has 0 radical (unpaired) electrons. The lowest BCUT2D eigenvalue weighted by Crippen LogP contribution is -2.30. The van der Waals surface area contributed by atoms with Gasteiger partial charge in [-0.15, -0.1) is 0 Å². The Hall–Kier alpha value is -1.26. The van der Waals surface area contributed by atoms with Crippen molar-refractivity contribution in [3.05, 3.63) is 28.8 Å². The molecule has 1 amide bonds. The SMILES string of the molecule is CCOc1ccc(CNC(=O)C2CCOC2)cc1Cl. The largest absolute Gasteiger partial charge is 0.492 e. The van der Waals surface area contributed by atoms with E-state index in [-0.39, 0.29) is 11.8 Å². The highest BCUT2D eigenvalue weighted by atomic mass is 35.5. The van der Waals surface area contributed by atoms with Gasteiger partial charge in [0, 0.05) is 13.2 Å². The van der Waals surface area contributed by atoms with E-state index in [0.29, 0.717) is 37.1 Å². The van der Waals surface area contributed by atoms with Gasteiger partial charge < -0.3 is 14.8 Å². The van der Waals surface area contributed by atoms with Gasteiger partial charge in [0.05, 0.1) is 24.2 Å². The summed E-state index contributed by atoms with van der Waals surface area (Å²) in [6.07, 6.45) is 0.801. The molecule has 0 aromatic heterocycles. The van der Waals surface area contributed by atoms with Crippen LogP contribution in [0, 0.1) is 5.92 Å². The van der Waals surface area contributed by atoms with Crippen LogP contribution in [0.25, 0.3) is 0 Å². The number of amides is 1. The molecular formula is C14H18ClNO3. The molecule has 1 heterocycles. The average molecular weight is 284 g/mol. The smallest absolute Gasteiger partial charge is 0.225 e. The molecule has 19 heavy (non-hydrogen) atoms. The third-order valence-corrected chi connectivity index (χ3v) is 3.36. The normalized spacial score (nSPS) is 18.3. The summed E-state index contributed by atoms with van der Waals surface area (Å²) in [5.74, 6) is 0.698. The molecule has 1 atom stereocenters. The van der Waals surface area contributed by atoms with Crippen LogP contribution in [-0.2, 0) is 16.1 Å². The van der Waals surface area contributed by atoms with Gasteiger partial charge in [0.25, 0.3) is 0 Å². The Morgan fingerprint density at radius 1 is 1.58 bits per heavy atom. The van der Waals surface area contributed by atoms with E-state index < -0.39 is 0 Å². The molecule has 5 heteroatoms. The van der Waals surface area contributed by atoms with E-state index in [9.17, 15) is 4.79 Å². The highest BCUT2D eigenvalue weighted by Gasteiger charge is 2.22. The predicted molar refractivity (Wildman–Crippen MR) is 73.4 cm³/mol. The summed E-state index contributed by atoms with van der Waals surface area (Å²) in [4.78, 5) is 11.8. The van der Waals surface area contributed by atoms with Crippen LogP contribution in [0.2, 0.25) is 5.02 Å². The van der Waals surface area contributed by atoms with Crippen LogP contribution in [0.3, 0.4) is 0 Å². The van der Waals surface area contributed by atoms with Gasteiger partial charge in [-0.05, 0) is 31.0 Å². The fraction of sp³-hybridized carbons (Fsp3) is 0.500. The molecule has 0 spiro atoms. The van der Waals surface area contributed by atoms with Crippen molar-refractivity contribution in [3.63, 3.8) is 0 Å². The van der Waals surface area contributed by atoms with Crippen LogP contribution in [0.1, 0.15) is 18.9 Å². The average Bonchev–Trinajstić information content (AvgIpc) is 2.93. The lowest BCUT2D eigenvalue weighted by atomic mass is 10.1. The monoisotopic (exact) mass is 283 g/mol. The molecule has 1 aliphatic heterocycles. The summed E-state index contributed by atoms with van der Waals surface area (Å²) >= 11 is 6.09. The fourth-order valence-corrected chi connectivity index (χ4v) is 2.26. The van der Waals surface area contributed by atoms with Crippen LogP contribution < -0.4 is 10.1 Å². The van der Waals surface area contributed by atoms with E-state index >= 15 is 0 Å². The van der Waals surface area contributed by atoms with Crippen molar-refractivity contribution < 1.29 is 14.3 Å². The van der Waals surface area contributed by atoms with Crippen LogP contribution in [0.5, 0.6) is 5.75 Å². The quantitative estimate of drug-likeness (QED) is 0.903. The van der Waals surface area contributed by atoms with Gasteiger partial charge in [0.2, 0.25) is 5.91 Å². The summed E-state index contributed by atoms with van der Waals surface area (Å²) in [5.41, 5.74) is 0.959. The number of hydrogen-bond donors (Lipinski definition) is 1. The Labute approximate surface area is 118 Å². The van der Waals surface area contributed by atoms with E-state index in [2.05, 4.69) is 5.32 Å². The lowest BCUT2D eigenvalue weighted by molar-refractivity contribution is -0.125. The molecule has 104 valence electrons. The van der Waals surface area contributed by atoms with Crippen molar-refractivity contribution in [1.29, 1.82) is 0 Å². The maximum absolute atomic E-state index is 11.8. The number of hydrogen-bond acceptors (Lipinski definition) is 3. The minimum absolute atomic E-state index is 0.0156. The second-order valence-electron chi connectivity index (χ2n) is 4.48. The summed E-state index contributed by atoms with van der Waals surface area (Å²) in [6.45, 7) is 4.16. The van der Waals surface area contributed by atoms with E-state index in [1.54, 1.807) is 0 Å². The van der Waals surface area contributed by atoms with Crippen molar-refractivity contribution in [2.24, 2.45) is 5.92 Å². The first-order valence-corrected chi connectivity index (χ1v) is 6.85. The van der Waals surface area contributed by atoms with Gasteiger partial charge in [0.15, 0.2) is 0 Å². The number of rotatable bonds is 5. The van der Waals surface area contributed by atoms with Crippen molar-refractivity contribution in [2.45, 2.75) is 19.9 Å². The molecule has 1 saturated heterocycles. The van der Waals surface area contributed by atoms with Gasteiger partial charge in [-0.1, -0.05) is 17.7 Å². The number of carbonyl (C=O) groups excluding carboxylic acids is 1. The first-order chi connectivity index (χ1) is 9.20. The molecule has 1 aromatic rings. The summed E-state index contributed by atoms with van der Waals surface area (Å²) < 4.78 is 10.6. The second kappa shape index (κ2) is 6.78. The highest BCUT2D eigenvalue weighted by Crippen LogP contribution is 2.25. The molecule has 4 nitrogen and oxygen atoms in total. The maximum Gasteiger partial charge on any atom is 0.225 e. The molecule has 0 saturated carbocycles. The van der Waals surface area contributed by atoms with Crippen LogP contribution >= 0.6 is 11.6 Å². The van der Waals surface area contributed by atoms with E-state index in [4.69, 9.17) is 21.1 Å². The Morgan fingerprint density at radius 2 is 2.42 bits per heavy atom. The minimum Gasteiger partial charge on any atom is -0.492 e. The first kappa shape index (κ1) is 14.2. The highest BCUT2D eigenvalue weighted by molar-refractivity contribution is 6.32. The lowest BCUT2D eigenvalue weighted by Gasteiger charge is -2.11. The van der Waals surface area contributed by atoms with Gasteiger partial charge >= 0.3 is 0 Å². The van der Waals surface area contributed by atoms with E-state index in [1.807, 2.05) is 25.1 Å². The maximum atomic E-state index is 11.8. The Morgan fingerprint density at radius 3 is 3.05 bits per heavy atom. The number of halogens is 1. The zero-order valence-corrected chi connectivity index (χ0v) is 11.7. The van der Waals surface area contributed by atoms with Crippen molar-refractivity contribution >= 4 is 17.5 Å². The molecule has 1 aromatic carbocycles. The molecule has 1 aliphatic rings. The minimum atomic E-state index is -0.0156. The van der Waals surface area contributed by atoms with Gasteiger partial charge in [-0.2, -0.15) is 0 Å². The van der Waals surface area contributed by atoms with E-state index in [0.717, 1.165) is 12.0 Å². The Balaban J connectivity index is 1.88. The Bertz CT molecular complexity index is 444. The fourth-order valence-electron chi connectivity index (χ4n) is 2.00. The number of benzene rings is 1. The molecule has 0 bridgehead atoms. The standard InChI is InChI=1S/C14H18ClNO3/c1-2-19-13-4-3-10(7-12(13)15)8-16-14(17)11-5-6-18-9-11/h3-4,7,11H,2,5-6,8-9H2,1H3,(H,16,17). The first-order valence-electron chi connectivity index (χ1n) is 6.47. The van der Waals surface area contributed by atoms with Gasteiger partial charge in [-0.25, -0.2) is 0 Å². The van der Waals surface area contributed by atoms with Crippen LogP contribution in [0.15, 0.2) is 18.2 Å². The molecule has 1 N–H and O–H groups in total.